The third kappa shape index (κ3) is 6.41. The van der Waals surface area contributed by atoms with Crippen molar-refractivity contribution in [2.75, 3.05) is 19.8 Å². The predicted octanol–water partition coefficient (Wildman–Crippen LogP) is 4.92. The Labute approximate surface area is 203 Å². The van der Waals surface area contributed by atoms with Crippen molar-refractivity contribution in [1.29, 1.82) is 0 Å². The number of aliphatic hydroxyl groups excluding tert-OH is 1. The van der Waals surface area contributed by atoms with Crippen LogP contribution in [0.2, 0.25) is 0 Å². The fourth-order valence-corrected chi connectivity index (χ4v) is 4.45. The highest BCUT2D eigenvalue weighted by atomic mass is 127. The Morgan fingerprint density at radius 1 is 1.28 bits per heavy atom. The molecule has 1 aliphatic carbocycles. The van der Waals surface area contributed by atoms with Crippen LogP contribution in [0, 0.1) is 14.4 Å². The van der Waals surface area contributed by atoms with Crippen LogP contribution in [0.25, 0.3) is 0 Å². The van der Waals surface area contributed by atoms with Crippen LogP contribution in [0.15, 0.2) is 36.2 Å². The van der Waals surface area contributed by atoms with E-state index in [4.69, 9.17) is 4.74 Å². The summed E-state index contributed by atoms with van der Waals surface area (Å²) < 4.78 is 34.2. The van der Waals surface area contributed by atoms with E-state index in [2.05, 4.69) is 33.2 Å². The van der Waals surface area contributed by atoms with Crippen molar-refractivity contribution in [2.45, 2.75) is 65.2 Å². The van der Waals surface area contributed by atoms with Gasteiger partial charge in [-0.1, -0.05) is 26.0 Å². The summed E-state index contributed by atoms with van der Waals surface area (Å²) >= 11 is 2.22. The summed E-state index contributed by atoms with van der Waals surface area (Å²) in [5.74, 6) is -0.407. The van der Waals surface area contributed by atoms with E-state index in [1.54, 1.807) is 27.7 Å². The van der Waals surface area contributed by atoms with Crippen LogP contribution in [0.4, 0.5) is 13.6 Å². The summed E-state index contributed by atoms with van der Waals surface area (Å²) in [7, 11) is 0. The first kappa shape index (κ1) is 27.0. The van der Waals surface area contributed by atoms with Crippen molar-refractivity contribution in [1.82, 2.24) is 10.6 Å². The molecular formula is C24H35F2IN2O3. The van der Waals surface area contributed by atoms with Gasteiger partial charge >= 0.3 is 6.09 Å². The Morgan fingerprint density at radius 2 is 1.91 bits per heavy atom. The normalized spacial score (nSPS) is 24.8. The molecule has 0 heterocycles. The molecule has 4 atom stereocenters. The van der Waals surface area contributed by atoms with E-state index in [-0.39, 0.29) is 6.54 Å². The van der Waals surface area contributed by atoms with Gasteiger partial charge in [0, 0.05) is 22.1 Å². The lowest BCUT2D eigenvalue weighted by Crippen LogP contribution is -2.55. The molecule has 3 N–H and O–H groups in total. The first-order valence-electron chi connectivity index (χ1n) is 10.9. The number of hydrogen-bond acceptors (Lipinski definition) is 4. The van der Waals surface area contributed by atoms with Gasteiger partial charge in [-0.2, -0.15) is 0 Å². The molecule has 0 radical (unpaired) electrons. The van der Waals surface area contributed by atoms with Crippen molar-refractivity contribution < 1.29 is 23.4 Å². The van der Waals surface area contributed by atoms with E-state index in [1.165, 1.54) is 6.08 Å². The molecule has 1 aliphatic rings. The number of aliphatic hydroxyl groups is 1. The minimum absolute atomic E-state index is 0.155. The highest BCUT2D eigenvalue weighted by Crippen LogP contribution is 2.58. The number of ether oxygens (including phenoxy) is 1. The minimum atomic E-state index is -1.11. The third-order valence-electron chi connectivity index (χ3n) is 6.21. The highest BCUT2D eigenvalue weighted by molar-refractivity contribution is 14.1. The van der Waals surface area contributed by atoms with Crippen molar-refractivity contribution in [3.05, 3.63) is 45.3 Å². The zero-order valence-electron chi connectivity index (χ0n) is 19.5. The summed E-state index contributed by atoms with van der Waals surface area (Å²) in [5, 5.41) is 16.8. The Morgan fingerprint density at radius 3 is 2.41 bits per heavy atom. The van der Waals surface area contributed by atoms with Crippen LogP contribution >= 0.6 is 22.6 Å². The molecule has 0 saturated carbocycles. The molecule has 0 fully saturated rings. The zero-order valence-corrected chi connectivity index (χ0v) is 21.6. The van der Waals surface area contributed by atoms with Crippen LogP contribution in [0.5, 0.6) is 0 Å². The van der Waals surface area contributed by atoms with E-state index < -0.39 is 47.2 Å². The Kier molecular flexibility index (Phi) is 9.09. The number of hydrogen-bond donors (Lipinski definition) is 3. The van der Waals surface area contributed by atoms with Crippen LogP contribution in [-0.4, -0.2) is 48.7 Å². The maximum absolute atomic E-state index is 14.1. The quantitative estimate of drug-likeness (QED) is 0.353. The molecule has 0 saturated heterocycles. The molecule has 0 spiro atoms. The summed E-state index contributed by atoms with van der Waals surface area (Å²) in [6.45, 7) is 8.63. The number of nitrogens with one attached hydrogen (secondary N) is 2. The second-order valence-electron chi connectivity index (χ2n) is 9.76. The minimum Gasteiger partial charge on any atom is -0.444 e. The smallest absolute Gasteiger partial charge is 0.407 e. The monoisotopic (exact) mass is 564 g/mol. The standard InChI is InChI=1S/C24H35F2IN2O3/c1-6-24(14-25)20(26)12-23(24,5)15-28-13-19(30)18(29-21(31)32-22(2,3)4)11-16-7-9-17(27)10-8-16/h7-10,12,18-19,28,30H,6,11,13-15H2,1-5H3,(H,29,31)/t18-,19-,23-,24?/m0/s1. The maximum atomic E-state index is 14.1. The van der Waals surface area contributed by atoms with Crippen molar-refractivity contribution >= 4 is 28.7 Å². The number of alkyl carbamates (subject to hydrolysis) is 1. The average Bonchev–Trinajstić information content (AvgIpc) is 2.68. The number of allylic oxidation sites excluding steroid dienone is 1. The van der Waals surface area contributed by atoms with Gasteiger partial charge in [0.15, 0.2) is 0 Å². The van der Waals surface area contributed by atoms with E-state index in [1.807, 2.05) is 31.2 Å². The molecule has 0 bridgehead atoms. The number of benzene rings is 1. The zero-order chi connectivity index (χ0) is 24.2. The SMILES string of the molecule is CCC1(CF)C(F)=C[C@@]1(C)CNC[C@H](O)[C@H](Cc1ccc(I)cc1)NC(=O)OC(C)(C)C. The van der Waals surface area contributed by atoms with Crippen molar-refractivity contribution in [2.24, 2.45) is 10.8 Å². The summed E-state index contributed by atoms with van der Waals surface area (Å²) in [5.41, 5.74) is -1.49. The Bertz CT molecular complexity index is 806. The Hall–Kier alpha value is -1.26. The molecule has 180 valence electrons. The molecule has 5 nitrogen and oxygen atoms in total. The lowest BCUT2D eigenvalue weighted by Gasteiger charge is -2.51. The molecule has 1 aromatic rings. The fraction of sp³-hybridized carbons (Fsp3) is 0.625. The average molecular weight is 564 g/mol. The van der Waals surface area contributed by atoms with Crippen molar-refractivity contribution in [3.63, 3.8) is 0 Å². The molecule has 0 aromatic heterocycles. The van der Waals surface area contributed by atoms with Gasteiger partial charge in [0.1, 0.15) is 18.1 Å². The third-order valence-corrected chi connectivity index (χ3v) is 6.93. The van der Waals surface area contributed by atoms with Crippen molar-refractivity contribution in [3.8, 4) is 0 Å². The molecule has 2 rings (SSSR count). The summed E-state index contributed by atoms with van der Waals surface area (Å²) in [6, 6.07) is 7.22. The predicted molar refractivity (Wildman–Crippen MR) is 131 cm³/mol. The number of halogens is 3. The highest BCUT2D eigenvalue weighted by Gasteiger charge is 2.56. The number of carbonyl (C=O) groups excluding carboxylic acids is 1. The van der Waals surface area contributed by atoms with Crippen LogP contribution < -0.4 is 10.6 Å². The van der Waals surface area contributed by atoms with Gasteiger partial charge in [-0.3, -0.25) is 0 Å². The lowest BCUT2D eigenvalue weighted by molar-refractivity contribution is 0.0231. The van der Waals surface area contributed by atoms with E-state index in [0.717, 1.165) is 9.13 Å². The molecule has 1 amide bonds. The van der Waals surface area contributed by atoms with Gasteiger partial charge in [0.25, 0.3) is 0 Å². The molecule has 32 heavy (non-hydrogen) atoms. The second-order valence-corrected chi connectivity index (χ2v) is 11.0. The lowest BCUT2D eigenvalue weighted by atomic mass is 9.54. The molecule has 1 unspecified atom stereocenters. The van der Waals surface area contributed by atoms with Crippen LogP contribution in [0.3, 0.4) is 0 Å². The van der Waals surface area contributed by atoms with Gasteiger partial charge in [0.2, 0.25) is 0 Å². The molecule has 1 aromatic carbocycles. The number of alkyl halides is 1. The number of rotatable bonds is 10. The van der Waals surface area contributed by atoms with Gasteiger partial charge in [0.05, 0.1) is 17.6 Å². The molecule has 0 aliphatic heterocycles. The number of carbonyl (C=O) groups is 1. The number of amides is 1. The van der Waals surface area contributed by atoms with Crippen LogP contribution in [0.1, 0.15) is 46.6 Å². The van der Waals surface area contributed by atoms with Gasteiger partial charge in [-0.25, -0.2) is 13.6 Å². The van der Waals surface area contributed by atoms with Gasteiger partial charge in [-0.05, 0) is 80.0 Å². The summed E-state index contributed by atoms with van der Waals surface area (Å²) in [6.07, 6.45) is 0.694. The first-order chi connectivity index (χ1) is 14.9. The molecule has 8 heteroatoms. The van der Waals surface area contributed by atoms with E-state index in [9.17, 15) is 18.7 Å². The van der Waals surface area contributed by atoms with Gasteiger partial charge < -0.3 is 20.5 Å². The van der Waals surface area contributed by atoms with Crippen LogP contribution in [-0.2, 0) is 11.2 Å². The summed E-state index contributed by atoms with van der Waals surface area (Å²) in [4.78, 5) is 12.3. The largest absolute Gasteiger partial charge is 0.444 e. The second kappa shape index (κ2) is 10.8. The topological polar surface area (TPSA) is 70.6 Å². The van der Waals surface area contributed by atoms with E-state index in [0.29, 0.717) is 19.4 Å². The first-order valence-corrected chi connectivity index (χ1v) is 12.0. The molecular weight excluding hydrogens is 529 g/mol. The van der Waals surface area contributed by atoms with E-state index >= 15 is 0 Å². The fourth-order valence-electron chi connectivity index (χ4n) is 4.09. The Balaban J connectivity index is 2.04. The maximum Gasteiger partial charge on any atom is 0.407 e. The van der Waals surface area contributed by atoms with Gasteiger partial charge in [-0.15, -0.1) is 0 Å².